The molecule has 0 radical (unpaired) electrons. The van der Waals surface area contributed by atoms with E-state index in [9.17, 15) is 8.42 Å². The molecule has 0 aliphatic carbocycles. The average Bonchev–Trinajstić information content (AvgIpc) is 3.35. The first kappa shape index (κ1) is 18.6. The second kappa shape index (κ2) is 7.12. The molecule has 9 heteroatoms. The van der Waals surface area contributed by atoms with E-state index in [0.29, 0.717) is 28.7 Å². The molecule has 0 saturated carbocycles. The van der Waals surface area contributed by atoms with E-state index in [0.717, 1.165) is 25.0 Å². The summed E-state index contributed by atoms with van der Waals surface area (Å²) < 4.78 is 33.9. The molecule has 2 aliphatic rings. The number of nitrogens with zero attached hydrogens (tertiary/aromatic N) is 4. The Bertz CT molecular complexity index is 1160. The average molecular weight is 431 g/mol. The molecule has 2 aliphatic heterocycles. The monoisotopic (exact) mass is 430 g/mol. The normalized spacial score (nSPS) is 19.1. The number of anilines is 2. The van der Waals surface area contributed by atoms with E-state index in [1.807, 2.05) is 29.2 Å². The Morgan fingerprint density at radius 3 is 2.38 bits per heavy atom. The summed E-state index contributed by atoms with van der Waals surface area (Å²) in [6, 6.07) is 13.6. The SMILES string of the molecule is O=S(=O)(c1ccc(Cl)cc1)N1CN(C[C@H]2CCCO2)c2nc3ccccc3nc21. The van der Waals surface area contributed by atoms with Gasteiger partial charge in [0.2, 0.25) is 0 Å². The Kier molecular flexibility index (Phi) is 4.57. The van der Waals surface area contributed by atoms with Crippen molar-refractivity contribution in [2.24, 2.45) is 0 Å². The highest BCUT2D eigenvalue weighted by atomic mass is 35.5. The Morgan fingerprint density at radius 2 is 1.72 bits per heavy atom. The van der Waals surface area contributed by atoms with Crippen molar-refractivity contribution in [3.8, 4) is 0 Å². The third kappa shape index (κ3) is 3.31. The number of rotatable bonds is 4. The van der Waals surface area contributed by atoms with Crippen LogP contribution < -0.4 is 9.21 Å². The van der Waals surface area contributed by atoms with E-state index in [1.54, 1.807) is 12.1 Å². The zero-order valence-corrected chi connectivity index (χ0v) is 17.1. The number of ether oxygens (including phenoxy) is 1. The third-order valence-electron chi connectivity index (χ3n) is 5.22. The van der Waals surface area contributed by atoms with Gasteiger partial charge in [0.15, 0.2) is 11.6 Å². The zero-order valence-electron chi connectivity index (χ0n) is 15.5. The molecule has 0 spiro atoms. The molecular formula is C20H19ClN4O3S. The summed E-state index contributed by atoms with van der Waals surface area (Å²) in [5.74, 6) is 0.911. The van der Waals surface area contributed by atoms with Crippen LogP contribution in [0.5, 0.6) is 0 Å². The van der Waals surface area contributed by atoms with Crippen molar-refractivity contribution in [1.82, 2.24) is 9.97 Å². The molecular weight excluding hydrogens is 412 g/mol. The number of para-hydroxylation sites is 2. The van der Waals surface area contributed by atoms with Gasteiger partial charge in [-0.25, -0.2) is 22.7 Å². The van der Waals surface area contributed by atoms with Gasteiger partial charge in [0.1, 0.15) is 6.67 Å². The summed E-state index contributed by atoms with van der Waals surface area (Å²) in [5, 5.41) is 0.483. The summed E-state index contributed by atoms with van der Waals surface area (Å²) in [5.41, 5.74) is 1.39. The number of fused-ring (bicyclic) bond motifs is 2. The predicted molar refractivity (Wildman–Crippen MR) is 112 cm³/mol. The van der Waals surface area contributed by atoms with E-state index in [-0.39, 0.29) is 17.7 Å². The molecule has 29 heavy (non-hydrogen) atoms. The highest BCUT2D eigenvalue weighted by Gasteiger charge is 2.39. The maximum absolute atomic E-state index is 13.4. The largest absolute Gasteiger partial charge is 0.376 e. The molecule has 0 unspecified atom stereocenters. The van der Waals surface area contributed by atoms with Crippen molar-refractivity contribution in [3.63, 3.8) is 0 Å². The topological polar surface area (TPSA) is 75.6 Å². The molecule has 0 amide bonds. The predicted octanol–water partition coefficient (Wildman–Crippen LogP) is 3.44. The molecule has 7 nitrogen and oxygen atoms in total. The molecule has 0 bridgehead atoms. The maximum atomic E-state index is 13.4. The fraction of sp³-hybridized carbons (Fsp3) is 0.300. The third-order valence-corrected chi connectivity index (χ3v) is 7.21. The Hall–Kier alpha value is -2.42. The number of sulfonamides is 1. The van der Waals surface area contributed by atoms with Crippen LogP contribution in [0.4, 0.5) is 11.6 Å². The molecule has 3 aromatic rings. The summed E-state index contributed by atoms with van der Waals surface area (Å²) in [7, 11) is -3.81. The van der Waals surface area contributed by atoms with Crippen molar-refractivity contribution >= 4 is 44.3 Å². The molecule has 5 rings (SSSR count). The maximum Gasteiger partial charge on any atom is 0.267 e. The van der Waals surface area contributed by atoms with E-state index in [1.165, 1.54) is 16.4 Å². The van der Waals surface area contributed by atoms with Crippen LogP contribution in [-0.2, 0) is 14.8 Å². The summed E-state index contributed by atoms with van der Waals surface area (Å²) in [4.78, 5) is 11.5. The van der Waals surface area contributed by atoms with E-state index >= 15 is 0 Å². The van der Waals surface area contributed by atoms with Gasteiger partial charge in [-0.2, -0.15) is 0 Å². The van der Waals surface area contributed by atoms with Crippen molar-refractivity contribution < 1.29 is 13.2 Å². The summed E-state index contributed by atoms with van der Waals surface area (Å²) in [6.07, 6.45) is 2.03. The molecule has 1 saturated heterocycles. The molecule has 3 heterocycles. The highest BCUT2D eigenvalue weighted by molar-refractivity contribution is 7.92. The van der Waals surface area contributed by atoms with Crippen molar-refractivity contribution in [3.05, 3.63) is 53.6 Å². The van der Waals surface area contributed by atoms with Crippen LogP contribution in [0.15, 0.2) is 53.4 Å². The van der Waals surface area contributed by atoms with Gasteiger partial charge < -0.3 is 9.64 Å². The first-order valence-corrected chi connectivity index (χ1v) is 11.3. The van der Waals surface area contributed by atoms with Crippen LogP contribution >= 0.6 is 11.6 Å². The van der Waals surface area contributed by atoms with Crippen molar-refractivity contribution in [2.45, 2.75) is 23.8 Å². The quantitative estimate of drug-likeness (QED) is 0.631. The first-order valence-electron chi connectivity index (χ1n) is 9.44. The van der Waals surface area contributed by atoms with Gasteiger partial charge in [-0.3, -0.25) is 0 Å². The van der Waals surface area contributed by atoms with Crippen LogP contribution in [-0.4, -0.2) is 44.3 Å². The van der Waals surface area contributed by atoms with E-state index in [4.69, 9.17) is 21.3 Å². The molecule has 1 atom stereocenters. The van der Waals surface area contributed by atoms with Gasteiger partial charge in [0.05, 0.1) is 22.0 Å². The van der Waals surface area contributed by atoms with Crippen LogP contribution in [0.25, 0.3) is 11.0 Å². The minimum Gasteiger partial charge on any atom is -0.376 e. The second-order valence-electron chi connectivity index (χ2n) is 7.17. The Morgan fingerprint density at radius 1 is 1.03 bits per heavy atom. The molecule has 1 aromatic heterocycles. The standard InChI is InChI=1S/C20H19ClN4O3S/c21-14-7-9-16(10-8-14)29(26,27)25-13-24(12-15-4-3-11-28-15)19-20(25)23-18-6-2-1-5-17(18)22-19/h1-2,5-10,15H,3-4,11-13H2/t15-/m1/s1. The van der Waals surface area contributed by atoms with Gasteiger partial charge >= 0.3 is 0 Å². The van der Waals surface area contributed by atoms with Crippen molar-refractivity contribution in [2.75, 3.05) is 29.0 Å². The van der Waals surface area contributed by atoms with Gasteiger partial charge in [0, 0.05) is 18.2 Å². The lowest BCUT2D eigenvalue weighted by molar-refractivity contribution is 0.116. The fourth-order valence-corrected chi connectivity index (χ4v) is 5.25. The Labute approximate surface area is 173 Å². The number of hydrogen-bond acceptors (Lipinski definition) is 6. The lowest BCUT2D eigenvalue weighted by Crippen LogP contribution is -2.39. The molecule has 0 N–H and O–H groups in total. The first-order chi connectivity index (χ1) is 14.0. The smallest absolute Gasteiger partial charge is 0.267 e. The van der Waals surface area contributed by atoms with Crippen molar-refractivity contribution in [1.29, 1.82) is 0 Å². The molecule has 150 valence electrons. The minimum atomic E-state index is -3.81. The number of aromatic nitrogens is 2. The highest BCUT2D eigenvalue weighted by Crippen LogP contribution is 2.38. The summed E-state index contributed by atoms with van der Waals surface area (Å²) >= 11 is 5.93. The second-order valence-corrected chi connectivity index (χ2v) is 9.46. The van der Waals surface area contributed by atoms with Gasteiger partial charge in [-0.05, 0) is 49.2 Å². The van der Waals surface area contributed by atoms with Crippen LogP contribution in [0, 0.1) is 0 Å². The zero-order chi connectivity index (χ0) is 20.0. The summed E-state index contributed by atoms with van der Waals surface area (Å²) in [6.45, 7) is 1.46. The van der Waals surface area contributed by atoms with Gasteiger partial charge in [0.25, 0.3) is 10.0 Å². The van der Waals surface area contributed by atoms with Crippen LogP contribution in [0.1, 0.15) is 12.8 Å². The molecule has 2 aromatic carbocycles. The Balaban J connectivity index is 1.60. The number of halogens is 1. The minimum absolute atomic E-state index is 0.0642. The van der Waals surface area contributed by atoms with Crippen LogP contribution in [0.3, 0.4) is 0 Å². The van der Waals surface area contributed by atoms with Gasteiger partial charge in [-0.15, -0.1) is 0 Å². The van der Waals surface area contributed by atoms with Crippen LogP contribution in [0.2, 0.25) is 5.02 Å². The molecule has 1 fully saturated rings. The lowest BCUT2D eigenvalue weighted by Gasteiger charge is -2.23. The fourth-order valence-electron chi connectivity index (χ4n) is 3.75. The number of benzene rings is 2. The lowest BCUT2D eigenvalue weighted by atomic mass is 10.2. The van der Waals surface area contributed by atoms with E-state index in [2.05, 4.69) is 4.98 Å². The van der Waals surface area contributed by atoms with E-state index < -0.39 is 10.0 Å². The number of hydrogen-bond donors (Lipinski definition) is 0. The van der Waals surface area contributed by atoms with Gasteiger partial charge in [-0.1, -0.05) is 23.7 Å².